The standard InChI is InChI=1S/C42H72NO8P/c1-30(2)16-13-17-31(3)18-14-19-32(4)20-15-24-42(7)25-23-37-34(6)38(26-33(5)41(37)51-42)50-40(46)22-12-10-9-11-21-39(45)43-28-36(44)27-35(43)29-49-52(8,47)48/h26,30-32,35-36,44H,9-25,27-29H2,1-8H3,(H,47,48)/t31-,32-,35+,36?,42+/m1/s1. The highest BCUT2D eigenvalue weighted by atomic mass is 31.2. The number of aliphatic hydroxyl groups is 1. The topological polar surface area (TPSA) is 123 Å². The summed E-state index contributed by atoms with van der Waals surface area (Å²) in [4.78, 5) is 36.6. The summed E-state index contributed by atoms with van der Waals surface area (Å²) in [6.07, 6.45) is 16.7. The zero-order chi connectivity index (χ0) is 38.5. The smallest absolute Gasteiger partial charge is 0.325 e. The Kier molecular flexibility index (Phi) is 18.2. The highest BCUT2D eigenvalue weighted by Gasteiger charge is 2.36. The van der Waals surface area contributed by atoms with Gasteiger partial charge in [-0.1, -0.05) is 85.5 Å². The van der Waals surface area contributed by atoms with Crippen LogP contribution in [0, 0.1) is 31.6 Å². The molecule has 0 radical (unpaired) electrons. The number of rotatable bonds is 23. The van der Waals surface area contributed by atoms with Gasteiger partial charge in [0.2, 0.25) is 5.91 Å². The molecule has 0 spiro atoms. The molecule has 9 nitrogen and oxygen atoms in total. The molecule has 1 aromatic rings. The van der Waals surface area contributed by atoms with Gasteiger partial charge in [0.15, 0.2) is 0 Å². The second kappa shape index (κ2) is 21.2. The van der Waals surface area contributed by atoms with Gasteiger partial charge in [-0.3, -0.25) is 14.2 Å². The number of hydrogen-bond acceptors (Lipinski definition) is 7. The van der Waals surface area contributed by atoms with Crippen molar-refractivity contribution in [3.05, 3.63) is 22.8 Å². The molecule has 2 N–H and O–H groups in total. The summed E-state index contributed by atoms with van der Waals surface area (Å²) in [5.41, 5.74) is 2.97. The number of nitrogens with zero attached hydrogens (tertiary/aromatic N) is 1. The number of fused-ring (bicyclic) bond motifs is 1. The minimum absolute atomic E-state index is 0.0666. The Morgan fingerprint density at radius 2 is 1.58 bits per heavy atom. The van der Waals surface area contributed by atoms with Gasteiger partial charge in [-0.25, -0.2) is 0 Å². The Morgan fingerprint density at radius 3 is 2.21 bits per heavy atom. The zero-order valence-electron chi connectivity index (χ0n) is 33.8. The lowest BCUT2D eigenvalue weighted by atomic mass is 9.84. The number of esters is 1. The van der Waals surface area contributed by atoms with Crippen molar-refractivity contribution in [1.82, 2.24) is 4.90 Å². The lowest BCUT2D eigenvalue weighted by Crippen LogP contribution is -2.38. The predicted octanol–water partition coefficient (Wildman–Crippen LogP) is 9.87. The number of unbranched alkanes of at least 4 members (excludes halogenated alkanes) is 3. The van der Waals surface area contributed by atoms with Gasteiger partial charge in [-0.15, -0.1) is 0 Å². The predicted molar refractivity (Wildman–Crippen MR) is 209 cm³/mol. The molecule has 52 heavy (non-hydrogen) atoms. The summed E-state index contributed by atoms with van der Waals surface area (Å²) in [7, 11) is -3.65. The SMILES string of the molecule is Cc1cc(OC(=O)CCCCCCC(=O)N2CC(O)C[C@H]2COP(C)(=O)O)c(C)c2c1O[C@@](C)(CCC[C@H](C)CCC[C@H](C)CCCC(C)C)CC2. The Balaban J connectivity index is 1.35. The van der Waals surface area contributed by atoms with E-state index < -0.39 is 19.7 Å². The maximum atomic E-state index is 12.8. The Morgan fingerprint density at radius 1 is 0.962 bits per heavy atom. The number of likely N-dealkylation sites (tertiary alicyclic amines) is 1. The highest BCUT2D eigenvalue weighted by molar-refractivity contribution is 7.51. The number of β-amino-alcohol motifs (C(OH)–C–C–N with tert-alkyl or cyclic N) is 1. The monoisotopic (exact) mass is 749 g/mol. The van der Waals surface area contributed by atoms with E-state index in [0.29, 0.717) is 37.9 Å². The van der Waals surface area contributed by atoms with Crippen molar-refractivity contribution in [1.29, 1.82) is 0 Å². The van der Waals surface area contributed by atoms with E-state index in [2.05, 4.69) is 34.6 Å². The number of carbonyl (C=O) groups excluding carboxylic acids is 2. The summed E-state index contributed by atoms with van der Waals surface area (Å²) in [5, 5.41) is 10.0. The van der Waals surface area contributed by atoms with E-state index >= 15 is 0 Å². The largest absolute Gasteiger partial charge is 0.487 e. The molecule has 0 bridgehead atoms. The molecule has 0 aliphatic carbocycles. The lowest BCUT2D eigenvalue weighted by molar-refractivity contribution is -0.135. The molecule has 1 aromatic carbocycles. The van der Waals surface area contributed by atoms with Crippen molar-refractivity contribution in [2.75, 3.05) is 19.8 Å². The van der Waals surface area contributed by atoms with Crippen LogP contribution in [0.5, 0.6) is 11.5 Å². The Hall–Kier alpha value is -1.93. The molecule has 2 heterocycles. The highest BCUT2D eigenvalue weighted by Crippen LogP contribution is 2.43. The molecule has 3 rings (SSSR count). The van der Waals surface area contributed by atoms with Crippen molar-refractivity contribution in [3.8, 4) is 11.5 Å². The number of aryl methyl sites for hydroxylation is 1. The first kappa shape index (κ1) is 44.5. The van der Waals surface area contributed by atoms with Gasteiger partial charge in [0.05, 0.1) is 18.8 Å². The number of hydrogen-bond donors (Lipinski definition) is 2. The third-order valence-corrected chi connectivity index (χ3v) is 11.9. The first-order chi connectivity index (χ1) is 24.5. The summed E-state index contributed by atoms with van der Waals surface area (Å²) in [6, 6.07) is 1.55. The van der Waals surface area contributed by atoms with E-state index in [-0.39, 0.29) is 30.6 Å². The number of carbonyl (C=O) groups is 2. The minimum Gasteiger partial charge on any atom is -0.487 e. The summed E-state index contributed by atoms with van der Waals surface area (Å²) >= 11 is 0. The van der Waals surface area contributed by atoms with Crippen LogP contribution in [0.2, 0.25) is 0 Å². The number of ether oxygens (including phenoxy) is 2. The van der Waals surface area contributed by atoms with Crippen molar-refractivity contribution >= 4 is 19.5 Å². The number of amides is 1. The van der Waals surface area contributed by atoms with E-state index in [1.165, 1.54) is 51.4 Å². The fourth-order valence-corrected chi connectivity index (χ4v) is 8.39. The second-order valence-corrected chi connectivity index (χ2v) is 19.0. The maximum absolute atomic E-state index is 12.8. The van der Waals surface area contributed by atoms with Gasteiger partial charge in [0.25, 0.3) is 0 Å². The van der Waals surface area contributed by atoms with Crippen LogP contribution in [0.4, 0.5) is 0 Å². The van der Waals surface area contributed by atoms with Crippen LogP contribution in [0.25, 0.3) is 0 Å². The maximum Gasteiger partial charge on any atom is 0.325 e. The van der Waals surface area contributed by atoms with Gasteiger partial charge in [-0.2, -0.15) is 0 Å². The van der Waals surface area contributed by atoms with E-state index in [9.17, 15) is 24.2 Å². The first-order valence-electron chi connectivity index (χ1n) is 20.4. The van der Waals surface area contributed by atoms with Crippen LogP contribution in [-0.4, -0.2) is 64.3 Å². The molecule has 2 aliphatic heterocycles. The third kappa shape index (κ3) is 15.4. The molecule has 1 fully saturated rings. The van der Waals surface area contributed by atoms with Crippen LogP contribution >= 0.6 is 7.60 Å². The Labute approximate surface area is 315 Å². The lowest BCUT2D eigenvalue weighted by Gasteiger charge is -2.38. The van der Waals surface area contributed by atoms with Crippen LogP contribution in [-0.2, 0) is 25.1 Å². The average Bonchev–Trinajstić information content (AvgIpc) is 3.44. The zero-order valence-corrected chi connectivity index (χ0v) is 34.7. The van der Waals surface area contributed by atoms with Crippen molar-refractivity contribution in [2.24, 2.45) is 17.8 Å². The normalized spacial score (nSPS) is 22.5. The summed E-state index contributed by atoms with van der Waals surface area (Å²) in [5.74, 6) is 3.64. The van der Waals surface area contributed by atoms with Gasteiger partial charge < -0.3 is 28.9 Å². The molecule has 2 unspecified atom stereocenters. The summed E-state index contributed by atoms with van der Waals surface area (Å²) in [6.45, 7) is 17.0. The van der Waals surface area contributed by atoms with Crippen LogP contribution in [0.15, 0.2) is 6.07 Å². The van der Waals surface area contributed by atoms with Crippen molar-refractivity contribution < 1.29 is 38.2 Å². The van der Waals surface area contributed by atoms with Gasteiger partial charge >= 0.3 is 13.6 Å². The van der Waals surface area contributed by atoms with Crippen molar-refractivity contribution in [2.45, 2.75) is 182 Å². The van der Waals surface area contributed by atoms with E-state index in [0.717, 1.165) is 79.0 Å². The molecule has 1 saturated heterocycles. The molecule has 298 valence electrons. The Bertz CT molecular complexity index is 1330. The molecule has 6 atom stereocenters. The average molecular weight is 750 g/mol. The van der Waals surface area contributed by atoms with Crippen LogP contribution in [0.1, 0.15) is 160 Å². The molecule has 10 heteroatoms. The molecular weight excluding hydrogens is 677 g/mol. The molecular formula is C42H72NO8P. The van der Waals surface area contributed by atoms with Crippen molar-refractivity contribution in [3.63, 3.8) is 0 Å². The first-order valence-corrected chi connectivity index (χ1v) is 22.4. The fourth-order valence-electron chi connectivity index (χ4n) is 7.94. The fraction of sp³-hybridized carbons (Fsp3) is 0.810. The number of benzene rings is 1. The van der Waals surface area contributed by atoms with Crippen LogP contribution < -0.4 is 9.47 Å². The van der Waals surface area contributed by atoms with Gasteiger partial charge in [0, 0.05) is 31.6 Å². The van der Waals surface area contributed by atoms with E-state index in [1.807, 2.05) is 19.9 Å². The number of aliphatic hydroxyl groups excluding tert-OH is 1. The quantitative estimate of drug-likeness (QED) is 0.0491. The molecule has 1 amide bonds. The summed E-state index contributed by atoms with van der Waals surface area (Å²) < 4.78 is 29.1. The second-order valence-electron chi connectivity index (χ2n) is 17.1. The van der Waals surface area contributed by atoms with Gasteiger partial charge in [-0.05, 0) is 101 Å². The third-order valence-electron chi connectivity index (χ3n) is 11.3. The molecule has 2 aliphatic rings. The van der Waals surface area contributed by atoms with Crippen LogP contribution in [0.3, 0.4) is 0 Å². The van der Waals surface area contributed by atoms with Gasteiger partial charge in [0.1, 0.15) is 17.1 Å². The molecule has 0 aromatic heterocycles. The minimum atomic E-state index is -3.65. The van der Waals surface area contributed by atoms with E-state index in [4.69, 9.17) is 14.0 Å². The van der Waals surface area contributed by atoms with E-state index in [1.54, 1.807) is 4.90 Å². The molecule has 0 saturated carbocycles.